The van der Waals surface area contributed by atoms with Gasteiger partial charge in [0, 0.05) is 17.1 Å². The van der Waals surface area contributed by atoms with E-state index in [4.69, 9.17) is 44.3 Å². The topological polar surface area (TPSA) is 30.5 Å². The average Bonchev–Trinajstić information content (AvgIpc) is 2.45. The molecule has 0 saturated carbocycles. The average molecular weight is 347 g/mol. The van der Waals surface area contributed by atoms with Gasteiger partial charge in [-0.15, -0.1) is 0 Å². The highest BCUT2D eigenvalue weighted by Crippen LogP contribution is 2.35. The molecular weight excluding hydrogens is 333 g/mol. The molecule has 0 unspecified atom stereocenters. The van der Waals surface area contributed by atoms with E-state index in [1.54, 1.807) is 26.4 Å². The van der Waals surface area contributed by atoms with Crippen LogP contribution in [0.2, 0.25) is 15.1 Å². The minimum Gasteiger partial charge on any atom is -0.493 e. The highest BCUT2D eigenvalue weighted by Gasteiger charge is 2.12. The van der Waals surface area contributed by atoms with E-state index in [0.717, 1.165) is 5.56 Å². The smallest absolute Gasteiger partial charge is 0.165 e. The van der Waals surface area contributed by atoms with Crippen molar-refractivity contribution >= 4 is 40.5 Å². The minimum absolute atomic E-state index is 0.467. The van der Waals surface area contributed by atoms with Crippen molar-refractivity contribution in [2.75, 3.05) is 19.5 Å². The van der Waals surface area contributed by atoms with Gasteiger partial charge < -0.3 is 14.8 Å². The summed E-state index contributed by atoms with van der Waals surface area (Å²) >= 11 is 18.2. The second kappa shape index (κ2) is 7.12. The van der Waals surface area contributed by atoms with Crippen LogP contribution in [0, 0.1) is 0 Å². The molecule has 2 aromatic rings. The molecule has 0 aliphatic rings. The van der Waals surface area contributed by atoms with Crippen LogP contribution in [0.3, 0.4) is 0 Å². The van der Waals surface area contributed by atoms with Crippen LogP contribution in [0.25, 0.3) is 0 Å². The predicted molar refractivity (Wildman–Crippen MR) is 88.3 cm³/mol. The zero-order valence-electron chi connectivity index (χ0n) is 11.5. The van der Waals surface area contributed by atoms with Crippen molar-refractivity contribution in [3.8, 4) is 11.5 Å². The monoisotopic (exact) mass is 345 g/mol. The molecule has 21 heavy (non-hydrogen) atoms. The summed E-state index contributed by atoms with van der Waals surface area (Å²) in [4.78, 5) is 0. The molecule has 0 aromatic heterocycles. The Kier molecular flexibility index (Phi) is 5.45. The number of methoxy groups -OCH3 is 2. The number of para-hydroxylation sites is 1. The first-order valence-corrected chi connectivity index (χ1v) is 7.28. The second-order valence-corrected chi connectivity index (χ2v) is 5.50. The largest absolute Gasteiger partial charge is 0.493 e. The molecule has 0 heterocycles. The maximum Gasteiger partial charge on any atom is 0.165 e. The lowest BCUT2D eigenvalue weighted by Gasteiger charge is -2.15. The summed E-state index contributed by atoms with van der Waals surface area (Å²) in [6, 6.07) is 8.94. The summed E-state index contributed by atoms with van der Waals surface area (Å²) in [6.07, 6.45) is 0. The molecule has 3 nitrogen and oxygen atoms in total. The SMILES string of the molecule is COc1cccc(CNc2c(Cl)cc(Cl)cc2Cl)c1OC. The molecule has 0 saturated heterocycles. The van der Waals surface area contributed by atoms with Gasteiger partial charge in [-0.25, -0.2) is 0 Å². The summed E-state index contributed by atoms with van der Waals surface area (Å²) in [5.74, 6) is 1.35. The molecular formula is C15H14Cl3NO2. The Bertz CT molecular complexity index is 624. The van der Waals surface area contributed by atoms with Gasteiger partial charge in [0.2, 0.25) is 0 Å². The summed E-state index contributed by atoms with van der Waals surface area (Å²) < 4.78 is 10.7. The number of benzene rings is 2. The van der Waals surface area contributed by atoms with Gasteiger partial charge in [-0.05, 0) is 18.2 Å². The molecule has 0 bridgehead atoms. The van der Waals surface area contributed by atoms with Crippen molar-refractivity contribution in [1.82, 2.24) is 0 Å². The molecule has 0 aliphatic carbocycles. The molecule has 6 heteroatoms. The van der Waals surface area contributed by atoms with Gasteiger partial charge in [-0.2, -0.15) is 0 Å². The Morgan fingerprint density at radius 1 is 1.00 bits per heavy atom. The number of anilines is 1. The van der Waals surface area contributed by atoms with E-state index in [1.807, 2.05) is 18.2 Å². The van der Waals surface area contributed by atoms with Crippen LogP contribution in [-0.2, 0) is 6.54 Å². The Balaban J connectivity index is 2.25. The fourth-order valence-corrected chi connectivity index (χ4v) is 2.94. The van der Waals surface area contributed by atoms with Crippen molar-refractivity contribution in [3.63, 3.8) is 0 Å². The zero-order valence-corrected chi connectivity index (χ0v) is 13.8. The van der Waals surface area contributed by atoms with Gasteiger partial charge in [-0.3, -0.25) is 0 Å². The highest BCUT2D eigenvalue weighted by atomic mass is 35.5. The molecule has 0 spiro atoms. The van der Waals surface area contributed by atoms with Crippen LogP contribution in [0.15, 0.2) is 30.3 Å². The molecule has 1 N–H and O–H groups in total. The zero-order chi connectivity index (χ0) is 15.4. The van der Waals surface area contributed by atoms with Crippen molar-refractivity contribution in [1.29, 1.82) is 0 Å². The maximum atomic E-state index is 6.15. The lowest BCUT2D eigenvalue weighted by Crippen LogP contribution is -2.04. The maximum absolute atomic E-state index is 6.15. The van der Waals surface area contributed by atoms with E-state index in [0.29, 0.717) is 38.8 Å². The number of nitrogens with one attached hydrogen (secondary N) is 1. The van der Waals surface area contributed by atoms with Gasteiger partial charge >= 0.3 is 0 Å². The van der Waals surface area contributed by atoms with E-state index in [1.165, 1.54) is 0 Å². The number of rotatable bonds is 5. The number of hydrogen-bond acceptors (Lipinski definition) is 3. The normalized spacial score (nSPS) is 10.3. The van der Waals surface area contributed by atoms with Crippen molar-refractivity contribution in [2.45, 2.75) is 6.54 Å². The first kappa shape index (κ1) is 16.1. The van der Waals surface area contributed by atoms with Crippen LogP contribution in [0.1, 0.15) is 5.56 Å². The van der Waals surface area contributed by atoms with Crippen LogP contribution >= 0.6 is 34.8 Å². The summed E-state index contributed by atoms with van der Waals surface area (Å²) in [6.45, 7) is 0.488. The summed E-state index contributed by atoms with van der Waals surface area (Å²) in [5, 5.41) is 4.62. The van der Waals surface area contributed by atoms with Gasteiger partial charge in [-0.1, -0.05) is 46.9 Å². The van der Waals surface area contributed by atoms with E-state index in [-0.39, 0.29) is 0 Å². The highest BCUT2D eigenvalue weighted by molar-refractivity contribution is 6.41. The van der Waals surface area contributed by atoms with E-state index >= 15 is 0 Å². The van der Waals surface area contributed by atoms with Crippen LogP contribution in [0.5, 0.6) is 11.5 Å². The Hall–Kier alpha value is -1.29. The fraction of sp³-hybridized carbons (Fsp3) is 0.200. The minimum atomic E-state index is 0.467. The second-order valence-electron chi connectivity index (χ2n) is 4.25. The third kappa shape index (κ3) is 3.67. The molecule has 2 aromatic carbocycles. The lowest BCUT2D eigenvalue weighted by molar-refractivity contribution is 0.352. The Labute approximate surface area is 138 Å². The summed E-state index contributed by atoms with van der Waals surface area (Å²) in [5.41, 5.74) is 1.56. The van der Waals surface area contributed by atoms with Gasteiger partial charge in [0.1, 0.15) is 0 Å². The molecule has 2 rings (SSSR count). The molecule has 0 amide bonds. The molecule has 0 atom stereocenters. The van der Waals surface area contributed by atoms with Gasteiger partial charge in [0.05, 0.1) is 30.0 Å². The third-order valence-corrected chi connectivity index (χ3v) is 3.76. The predicted octanol–water partition coefficient (Wildman–Crippen LogP) is 5.28. The van der Waals surface area contributed by atoms with E-state index in [2.05, 4.69) is 5.32 Å². The number of ether oxygens (including phenoxy) is 2. The Morgan fingerprint density at radius 3 is 2.24 bits per heavy atom. The molecule has 0 radical (unpaired) electrons. The standard InChI is InChI=1S/C15H14Cl3NO2/c1-20-13-5-3-4-9(15(13)21-2)8-19-14-11(17)6-10(16)7-12(14)18/h3-7,19H,8H2,1-2H3. The first-order valence-electron chi connectivity index (χ1n) is 6.15. The quantitative estimate of drug-likeness (QED) is 0.799. The molecule has 0 fully saturated rings. The van der Waals surface area contributed by atoms with Crippen LogP contribution < -0.4 is 14.8 Å². The van der Waals surface area contributed by atoms with Crippen molar-refractivity contribution in [2.24, 2.45) is 0 Å². The lowest BCUT2D eigenvalue weighted by atomic mass is 10.1. The fourth-order valence-electron chi connectivity index (χ4n) is 1.99. The van der Waals surface area contributed by atoms with Crippen LogP contribution in [-0.4, -0.2) is 14.2 Å². The Morgan fingerprint density at radius 2 is 1.67 bits per heavy atom. The number of hydrogen-bond donors (Lipinski definition) is 1. The first-order chi connectivity index (χ1) is 10.1. The van der Waals surface area contributed by atoms with Crippen LogP contribution in [0.4, 0.5) is 5.69 Å². The van der Waals surface area contributed by atoms with E-state index in [9.17, 15) is 0 Å². The van der Waals surface area contributed by atoms with Crippen molar-refractivity contribution in [3.05, 3.63) is 51.0 Å². The molecule has 112 valence electrons. The van der Waals surface area contributed by atoms with Crippen molar-refractivity contribution < 1.29 is 9.47 Å². The van der Waals surface area contributed by atoms with Gasteiger partial charge in [0.15, 0.2) is 11.5 Å². The molecule has 0 aliphatic heterocycles. The number of halogens is 3. The third-order valence-electron chi connectivity index (χ3n) is 2.95. The van der Waals surface area contributed by atoms with E-state index < -0.39 is 0 Å². The summed E-state index contributed by atoms with van der Waals surface area (Å²) in [7, 11) is 3.20. The van der Waals surface area contributed by atoms with Gasteiger partial charge in [0.25, 0.3) is 0 Å².